The maximum absolute atomic E-state index is 12.8. The average molecular weight is 433 g/mol. The summed E-state index contributed by atoms with van der Waals surface area (Å²) in [7, 11) is 0. The van der Waals surface area contributed by atoms with Crippen molar-refractivity contribution in [2.45, 2.75) is 32.7 Å². The smallest absolute Gasteiger partial charge is 0.322 e. The van der Waals surface area contributed by atoms with Crippen molar-refractivity contribution in [3.05, 3.63) is 18.2 Å². The monoisotopic (exact) mass is 433 g/mol. The van der Waals surface area contributed by atoms with Crippen LogP contribution in [0.2, 0.25) is 0 Å². The van der Waals surface area contributed by atoms with Gasteiger partial charge in [-0.1, -0.05) is 13.8 Å². The van der Waals surface area contributed by atoms with Gasteiger partial charge in [0.05, 0.1) is 5.92 Å². The molecule has 3 amide bonds. The highest BCUT2D eigenvalue weighted by Gasteiger charge is 2.37. The number of nitrogens with zero attached hydrogens (tertiary/aromatic N) is 1. The zero-order chi connectivity index (χ0) is 22.5. The molecule has 0 aromatic heterocycles. The summed E-state index contributed by atoms with van der Waals surface area (Å²) in [5.41, 5.74) is 0.613. The first-order chi connectivity index (χ1) is 14.7. The minimum Gasteiger partial charge on any atom is -0.486 e. The molecule has 0 saturated carbocycles. The lowest BCUT2D eigenvalue weighted by Crippen LogP contribution is -2.50. The molecular formula is C21H27N3O7. The third-order valence-electron chi connectivity index (χ3n) is 5.09. The molecule has 31 heavy (non-hydrogen) atoms. The second kappa shape index (κ2) is 9.67. The number of carboxylic acids is 1. The van der Waals surface area contributed by atoms with Crippen LogP contribution in [0.25, 0.3) is 0 Å². The molecule has 0 aliphatic carbocycles. The fourth-order valence-electron chi connectivity index (χ4n) is 3.61. The molecule has 2 aliphatic rings. The van der Waals surface area contributed by atoms with E-state index in [9.17, 15) is 19.2 Å². The van der Waals surface area contributed by atoms with E-state index in [2.05, 4.69) is 10.6 Å². The number of fused-ring (bicyclic) bond motifs is 1. The lowest BCUT2D eigenvalue weighted by molar-refractivity contribution is -0.138. The van der Waals surface area contributed by atoms with Gasteiger partial charge in [-0.05, 0) is 24.5 Å². The molecule has 3 rings (SSSR count). The van der Waals surface area contributed by atoms with Crippen molar-refractivity contribution in [1.29, 1.82) is 0 Å². The van der Waals surface area contributed by atoms with Gasteiger partial charge in [0.1, 0.15) is 25.8 Å². The third-order valence-corrected chi connectivity index (χ3v) is 5.09. The van der Waals surface area contributed by atoms with Gasteiger partial charge < -0.3 is 30.1 Å². The highest BCUT2D eigenvalue weighted by atomic mass is 16.6. The number of carbonyl (C=O) groups is 4. The van der Waals surface area contributed by atoms with Crippen LogP contribution in [0.4, 0.5) is 5.69 Å². The number of carbonyl (C=O) groups excluding carboxylic acids is 3. The fraction of sp³-hybridized carbons (Fsp3) is 0.524. The molecule has 1 aromatic rings. The van der Waals surface area contributed by atoms with Gasteiger partial charge in [-0.25, -0.2) is 0 Å². The van der Waals surface area contributed by atoms with Crippen LogP contribution in [0.3, 0.4) is 0 Å². The van der Waals surface area contributed by atoms with Crippen LogP contribution in [-0.2, 0) is 19.2 Å². The van der Waals surface area contributed by atoms with Gasteiger partial charge in [0.15, 0.2) is 11.5 Å². The summed E-state index contributed by atoms with van der Waals surface area (Å²) in [5.74, 6) is -1.70. The van der Waals surface area contributed by atoms with Gasteiger partial charge in [0, 0.05) is 24.7 Å². The van der Waals surface area contributed by atoms with Crippen LogP contribution < -0.4 is 25.0 Å². The topological polar surface area (TPSA) is 134 Å². The first-order valence-corrected chi connectivity index (χ1v) is 10.2. The van der Waals surface area contributed by atoms with Crippen LogP contribution >= 0.6 is 0 Å². The van der Waals surface area contributed by atoms with E-state index in [0.717, 1.165) is 0 Å². The molecule has 0 bridgehead atoms. The largest absolute Gasteiger partial charge is 0.486 e. The minimum atomic E-state index is -1.17. The minimum absolute atomic E-state index is 0.0193. The van der Waals surface area contributed by atoms with Crippen molar-refractivity contribution in [2.75, 3.05) is 31.2 Å². The maximum Gasteiger partial charge on any atom is 0.322 e. The van der Waals surface area contributed by atoms with E-state index in [4.69, 9.17) is 14.6 Å². The Balaban J connectivity index is 1.65. The fourth-order valence-corrected chi connectivity index (χ4v) is 3.61. The van der Waals surface area contributed by atoms with E-state index in [1.165, 1.54) is 4.90 Å². The predicted octanol–water partition coefficient (Wildman–Crippen LogP) is 0.542. The van der Waals surface area contributed by atoms with E-state index in [0.29, 0.717) is 36.8 Å². The van der Waals surface area contributed by atoms with Gasteiger partial charge in [-0.3, -0.25) is 19.2 Å². The van der Waals surface area contributed by atoms with E-state index < -0.39 is 36.3 Å². The van der Waals surface area contributed by atoms with E-state index in [1.807, 2.05) is 13.8 Å². The normalized spacial score (nSPS) is 18.6. The highest BCUT2D eigenvalue weighted by Crippen LogP contribution is 2.36. The number of aliphatic carboxylic acids is 1. The molecule has 1 saturated heterocycles. The Morgan fingerprint density at radius 1 is 1.19 bits per heavy atom. The first-order valence-electron chi connectivity index (χ1n) is 10.2. The molecule has 0 unspecified atom stereocenters. The van der Waals surface area contributed by atoms with Gasteiger partial charge in [0.2, 0.25) is 17.7 Å². The van der Waals surface area contributed by atoms with Crippen molar-refractivity contribution < 1.29 is 33.8 Å². The number of benzene rings is 1. The number of ether oxygens (including phenoxy) is 2. The van der Waals surface area contributed by atoms with Crippen molar-refractivity contribution in [3.8, 4) is 11.5 Å². The van der Waals surface area contributed by atoms with Crippen LogP contribution in [0.5, 0.6) is 11.5 Å². The summed E-state index contributed by atoms with van der Waals surface area (Å²) < 4.78 is 11.1. The Morgan fingerprint density at radius 3 is 2.58 bits per heavy atom. The zero-order valence-corrected chi connectivity index (χ0v) is 17.6. The molecule has 0 spiro atoms. The van der Waals surface area contributed by atoms with Gasteiger partial charge in [-0.15, -0.1) is 0 Å². The highest BCUT2D eigenvalue weighted by molar-refractivity contribution is 6.01. The van der Waals surface area contributed by atoms with E-state index in [1.54, 1.807) is 18.2 Å². The summed E-state index contributed by atoms with van der Waals surface area (Å²) >= 11 is 0. The maximum atomic E-state index is 12.8. The van der Waals surface area contributed by atoms with Crippen molar-refractivity contribution in [2.24, 2.45) is 11.8 Å². The molecule has 10 nitrogen and oxygen atoms in total. The van der Waals surface area contributed by atoms with Gasteiger partial charge in [0.25, 0.3) is 0 Å². The number of anilines is 1. The number of carboxylic acid groups (broad SMARTS) is 1. The Labute approximate surface area is 179 Å². The predicted molar refractivity (Wildman–Crippen MR) is 110 cm³/mol. The Bertz CT molecular complexity index is 871. The van der Waals surface area contributed by atoms with Crippen LogP contribution in [0, 0.1) is 11.8 Å². The molecule has 3 N–H and O–H groups in total. The first kappa shape index (κ1) is 22.4. The molecule has 1 aromatic carbocycles. The summed E-state index contributed by atoms with van der Waals surface area (Å²) in [6.45, 7) is 4.34. The second-order valence-electron chi connectivity index (χ2n) is 8.04. The number of nitrogens with one attached hydrogen (secondary N) is 2. The molecule has 168 valence electrons. The summed E-state index contributed by atoms with van der Waals surface area (Å²) in [5, 5.41) is 13.7. The van der Waals surface area contributed by atoms with Crippen LogP contribution in [0.1, 0.15) is 26.7 Å². The molecule has 0 radical (unpaired) electrons. The number of rotatable bonds is 8. The molecule has 2 atom stereocenters. The number of amides is 3. The van der Waals surface area contributed by atoms with Crippen molar-refractivity contribution in [1.82, 2.24) is 10.6 Å². The summed E-state index contributed by atoms with van der Waals surface area (Å²) in [6, 6.07) is 4.32. The zero-order valence-electron chi connectivity index (χ0n) is 17.6. The standard InChI is InChI=1S/C21H27N3O7/c1-12(2)7-15(21(29)22-10-19(26)27)23-20(28)13-8-18(25)24(11-13)14-3-4-16-17(9-14)31-6-5-30-16/h3-4,9,12-13,15H,5-8,10-11H2,1-2H3,(H,22,29)(H,23,28)(H,26,27)/t13-,15-/m0/s1. The van der Waals surface area contributed by atoms with Crippen molar-refractivity contribution in [3.63, 3.8) is 0 Å². The SMILES string of the molecule is CC(C)C[C@H](NC(=O)[C@H]1CC(=O)N(c2ccc3c(c2)OCCO3)C1)C(=O)NCC(=O)O. The number of hydrogen-bond acceptors (Lipinski definition) is 6. The Kier molecular flexibility index (Phi) is 6.98. The average Bonchev–Trinajstić information content (AvgIpc) is 3.12. The molecule has 1 fully saturated rings. The summed E-state index contributed by atoms with van der Waals surface area (Å²) in [6.07, 6.45) is 0.370. The quantitative estimate of drug-likeness (QED) is 0.545. The van der Waals surface area contributed by atoms with Crippen molar-refractivity contribution >= 4 is 29.4 Å². The van der Waals surface area contributed by atoms with Crippen LogP contribution in [-0.4, -0.2) is 61.1 Å². The Hall–Kier alpha value is -3.30. The molecule has 2 heterocycles. The number of hydrogen-bond donors (Lipinski definition) is 3. The van der Waals surface area contributed by atoms with Gasteiger partial charge in [-0.2, -0.15) is 0 Å². The van der Waals surface area contributed by atoms with Crippen LogP contribution in [0.15, 0.2) is 18.2 Å². The van der Waals surface area contributed by atoms with E-state index in [-0.39, 0.29) is 24.8 Å². The lowest BCUT2D eigenvalue weighted by atomic mass is 10.0. The molecular weight excluding hydrogens is 406 g/mol. The lowest BCUT2D eigenvalue weighted by Gasteiger charge is -2.23. The summed E-state index contributed by atoms with van der Waals surface area (Å²) in [4.78, 5) is 49.9. The third kappa shape index (κ3) is 5.65. The molecule has 10 heteroatoms. The van der Waals surface area contributed by atoms with E-state index >= 15 is 0 Å². The Morgan fingerprint density at radius 2 is 1.90 bits per heavy atom. The second-order valence-corrected chi connectivity index (χ2v) is 8.04. The molecule has 2 aliphatic heterocycles. The van der Waals surface area contributed by atoms with Gasteiger partial charge >= 0.3 is 5.97 Å².